The Morgan fingerprint density at radius 2 is 1.78 bits per heavy atom. The molecule has 5 nitrogen and oxygen atoms in total. The van der Waals surface area contributed by atoms with Gasteiger partial charge in [-0.3, -0.25) is 14.5 Å². The van der Waals surface area contributed by atoms with Gasteiger partial charge in [0.15, 0.2) is 0 Å². The van der Waals surface area contributed by atoms with Crippen LogP contribution in [-0.2, 0) is 4.79 Å². The quantitative estimate of drug-likeness (QED) is 0.795. The predicted molar refractivity (Wildman–Crippen MR) is 103 cm³/mol. The van der Waals surface area contributed by atoms with Crippen molar-refractivity contribution < 1.29 is 14.0 Å². The van der Waals surface area contributed by atoms with Crippen molar-refractivity contribution in [2.24, 2.45) is 5.92 Å². The second-order valence-electron chi connectivity index (χ2n) is 7.65. The normalized spacial score (nSPS) is 19.9. The molecule has 0 N–H and O–H groups in total. The van der Waals surface area contributed by atoms with Crippen molar-refractivity contribution in [3.8, 4) is 0 Å². The summed E-state index contributed by atoms with van der Waals surface area (Å²) in [5.74, 6) is -0.144. The van der Waals surface area contributed by atoms with Gasteiger partial charge in [-0.15, -0.1) is 0 Å². The van der Waals surface area contributed by atoms with Crippen molar-refractivity contribution in [1.82, 2.24) is 14.7 Å². The minimum Gasteiger partial charge on any atom is -0.345 e. The van der Waals surface area contributed by atoms with Crippen LogP contribution in [0.25, 0.3) is 0 Å². The number of nitrogens with zero attached hydrogens (tertiary/aromatic N) is 3. The molecule has 1 aromatic carbocycles. The van der Waals surface area contributed by atoms with E-state index in [1.165, 1.54) is 25.0 Å². The first-order chi connectivity index (χ1) is 13.0. The zero-order valence-corrected chi connectivity index (χ0v) is 16.4. The maximum Gasteiger partial charge on any atom is 0.256 e. The van der Waals surface area contributed by atoms with Crippen LogP contribution < -0.4 is 0 Å². The molecule has 6 heteroatoms. The van der Waals surface area contributed by atoms with Gasteiger partial charge in [-0.2, -0.15) is 0 Å². The molecule has 1 atom stereocenters. The lowest BCUT2D eigenvalue weighted by Gasteiger charge is -2.42. The molecule has 1 saturated heterocycles. The zero-order valence-electron chi connectivity index (χ0n) is 16.4. The van der Waals surface area contributed by atoms with E-state index in [4.69, 9.17) is 0 Å². The predicted octanol–water partition coefficient (Wildman–Crippen LogP) is 2.62. The molecule has 0 radical (unpaired) electrons. The third-order valence-electron chi connectivity index (χ3n) is 6.05. The highest BCUT2D eigenvalue weighted by molar-refractivity contribution is 5.94. The lowest BCUT2D eigenvalue weighted by atomic mass is 9.94. The Balaban J connectivity index is 1.67. The third kappa shape index (κ3) is 4.32. The number of hydrogen-bond donors (Lipinski definition) is 0. The maximum absolute atomic E-state index is 13.9. The SMILES string of the molecule is CCN(C)C(=O)[C@H](C1CCCC1)N1CCN(C(=O)c2ccccc2F)CC1. The van der Waals surface area contributed by atoms with Crippen molar-refractivity contribution in [3.63, 3.8) is 0 Å². The summed E-state index contributed by atoms with van der Waals surface area (Å²) in [7, 11) is 1.86. The minimum absolute atomic E-state index is 0.0943. The Labute approximate surface area is 161 Å². The van der Waals surface area contributed by atoms with Gasteiger partial charge in [-0.25, -0.2) is 4.39 Å². The molecule has 1 aromatic rings. The smallest absolute Gasteiger partial charge is 0.256 e. The molecule has 0 aromatic heterocycles. The topological polar surface area (TPSA) is 43.9 Å². The number of hydrogen-bond acceptors (Lipinski definition) is 3. The van der Waals surface area contributed by atoms with E-state index in [0.717, 1.165) is 12.8 Å². The van der Waals surface area contributed by atoms with Gasteiger partial charge in [0.25, 0.3) is 5.91 Å². The fourth-order valence-corrected chi connectivity index (χ4v) is 4.32. The molecule has 2 fully saturated rings. The highest BCUT2D eigenvalue weighted by Gasteiger charge is 2.38. The van der Waals surface area contributed by atoms with Crippen molar-refractivity contribution >= 4 is 11.8 Å². The van der Waals surface area contributed by atoms with E-state index in [9.17, 15) is 14.0 Å². The highest BCUT2D eigenvalue weighted by atomic mass is 19.1. The third-order valence-corrected chi connectivity index (χ3v) is 6.05. The second-order valence-corrected chi connectivity index (χ2v) is 7.65. The van der Waals surface area contributed by atoms with Gasteiger partial charge in [0, 0.05) is 39.8 Å². The summed E-state index contributed by atoms with van der Waals surface area (Å²) < 4.78 is 13.9. The van der Waals surface area contributed by atoms with E-state index in [-0.39, 0.29) is 23.4 Å². The number of benzene rings is 1. The fourth-order valence-electron chi connectivity index (χ4n) is 4.32. The van der Waals surface area contributed by atoms with E-state index >= 15 is 0 Å². The summed E-state index contributed by atoms with van der Waals surface area (Å²) in [6.45, 7) is 5.07. The number of amides is 2. The van der Waals surface area contributed by atoms with Gasteiger partial charge in [0.1, 0.15) is 5.82 Å². The van der Waals surface area contributed by atoms with Crippen LogP contribution in [0.1, 0.15) is 43.0 Å². The molecule has 148 valence electrons. The van der Waals surface area contributed by atoms with Crippen LogP contribution in [0, 0.1) is 11.7 Å². The van der Waals surface area contributed by atoms with Gasteiger partial charge in [0.2, 0.25) is 5.91 Å². The largest absolute Gasteiger partial charge is 0.345 e. The molecule has 1 heterocycles. The Kier molecular flexibility index (Phi) is 6.47. The molecule has 3 rings (SSSR count). The summed E-state index contributed by atoms with van der Waals surface area (Å²) in [5.41, 5.74) is 0.125. The lowest BCUT2D eigenvalue weighted by Crippen LogP contribution is -2.58. The van der Waals surface area contributed by atoms with Crippen molar-refractivity contribution in [2.75, 3.05) is 39.8 Å². The Hall–Kier alpha value is -1.95. The number of piperazine rings is 1. The standard InChI is InChI=1S/C21H30FN3O2/c1-3-23(2)21(27)19(16-8-4-5-9-16)24-12-14-25(15-13-24)20(26)17-10-6-7-11-18(17)22/h6-7,10-11,16,19H,3-5,8-9,12-15H2,1-2H3/t19-/m0/s1. The molecule has 0 bridgehead atoms. The van der Waals surface area contributed by atoms with Crippen LogP contribution in [0.3, 0.4) is 0 Å². The van der Waals surface area contributed by atoms with Crippen molar-refractivity contribution in [2.45, 2.75) is 38.6 Å². The molecule has 2 amide bonds. The molecular weight excluding hydrogens is 345 g/mol. The molecule has 0 unspecified atom stereocenters. The van der Waals surface area contributed by atoms with E-state index in [2.05, 4.69) is 4.90 Å². The van der Waals surface area contributed by atoms with Crippen molar-refractivity contribution in [3.05, 3.63) is 35.6 Å². The van der Waals surface area contributed by atoms with Gasteiger partial charge in [0.05, 0.1) is 11.6 Å². The molecule has 0 spiro atoms. The Bertz CT molecular complexity index is 667. The summed E-state index contributed by atoms with van der Waals surface area (Å²) >= 11 is 0. The summed E-state index contributed by atoms with van der Waals surface area (Å²) in [6.07, 6.45) is 4.58. The molecular formula is C21H30FN3O2. The van der Waals surface area contributed by atoms with E-state index in [1.807, 2.05) is 14.0 Å². The van der Waals surface area contributed by atoms with E-state index in [0.29, 0.717) is 38.6 Å². The Morgan fingerprint density at radius 3 is 2.37 bits per heavy atom. The monoisotopic (exact) mass is 375 g/mol. The van der Waals surface area contributed by atoms with Crippen LogP contribution in [0.2, 0.25) is 0 Å². The van der Waals surface area contributed by atoms with Gasteiger partial charge in [-0.05, 0) is 37.8 Å². The maximum atomic E-state index is 13.9. The number of carbonyl (C=O) groups excluding carboxylic acids is 2. The fraction of sp³-hybridized carbons (Fsp3) is 0.619. The molecule has 1 aliphatic carbocycles. The first kappa shape index (κ1) is 19.8. The average Bonchev–Trinajstić information content (AvgIpc) is 3.22. The van der Waals surface area contributed by atoms with Crippen LogP contribution >= 0.6 is 0 Å². The average molecular weight is 375 g/mol. The van der Waals surface area contributed by atoms with Gasteiger partial charge < -0.3 is 9.80 Å². The van der Waals surface area contributed by atoms with Crippen LogP contribution in [0.15, 0.2) is 24.3 Å². The van der Waals surface area contributed by atoms with Gasteiger partial charge >= 0.3 is 0 Å². The second kappa shape index (κ2) is 8.83. The van der Waals surface area contributed by atoms with Crippen molar-refractivity contribution in [1.29, 1.82) is 0 Å². The van der Waals surface area contributed by atoms with Crippen LogP contribution in [0.5, 0.6) is 0 Å². The molecule has 1 saturated carbocycles. The first-order valence-corrected chi connectivity index (χ1v) is 10.1. The number of rotatable bonds is 5. The minimum atomic E-state index is -0.478. The molecule has 27 heavy (non-hydrogen) atoms. The summed E-state index contributed by atoms with van der Waals surface area (Å²) in [6, 6.07) is 6.03. The van der Waals surface area contributed by atoms with Crippen LogP contribution in [-0.4, -0.2) is 72.3 Å². The highest BCUT2D eigenvalue weighted by Crippen LogP contribution is 2.32. The Morgan fingerprint density at radius 1 is 1.15 bits per heavy atom. The van der Waals surface area contributed by atoms with E-state index < -0.39 is 5.82 Å². The summed E-state index contributed by atoms with van der Waals surface area (Å²) in [4.78, 5) is 31.4. The number of carbonyl (C=O) groups is 2. The zero-order chi connectivity index (χ0) is 19.4. The number of halogens is 1. The summed E-state index contributed by atoms with van der Waals surface area (Å²) in [5, 5.41) is 0. The molecule has 2 aliphatic rings. The van der Waals surface area contributed by atoms with E-state index in [1.54, 1.807) is 21.9 Å². The van der Waals surface area contributed by atoms with Crippen LogP contribution in [0.4, 0.5) is 4.39 Å². The lowest BCUT2D eigenvalue weighted by molar-refractivity contribution is -0.138. The molecule has 1 aliphatic heterocycles. The first-order valence-electron chi connectivity index (χ1n) is 10.1. The number of likely N-dealkylation sites (N-methyl/N-ethyl adjacent to an activating group) is 1. The van der Waals surface area contributed by atoms with Gasteiger partial charge in [-0.1, -0.05) is 25.0 Å².